The molecule has 0 saturated heterocycles. The highest BCUT2D eigenvalue weighted by Crippen LogP contribution is 2.36. The summed E-state index contributed by atoms with van der Waals surface area (Å²) in [6.45, 7) is 4.55. The number of carboxylic acid groups (broad SMARTS) is 1. The monoisotopic (exact) mass is 543 g/mol. The maximum Gasteiger partial charge on any atom is 0.328 e. The van der Waals surface area contributed by atoms with Crippen molar-refractivity contribution in [1.29, 1.82) is 0 Å². The molecule has 0 aliphatic heterocycles. The number of hydrogen-bond acceptors (Lipinski definition) is 6. The quantitative estimate of drug-likeness (QED) is 0.299. The highest BCUT2D eigenvalue weighted by atomic mass is 16.4. The van der Waals surface area contributed by atoms with Crippen molar-refractivity contribution in [3.8, 4) is 22.5 Å². The predicted molar refractivity (Wildman–Crippen MR) is 152 cm³/mol. The lowest BCUT2D eigenvalue weighted by atomic mass is 9.80. The van der Waals surface area contributed by atoms with Gasteiger partial charge in [-0.2, -0.15) is 0 Å². The van der Waals surface area contributed by atoms with Crippen molar-refractivity contribution in [3.63, 3.8) is 0 Å². The maximum absolute atomic E-state index is 13.9. The van der Waals surface area contributed by atoms with E-state index in [-0.39, 0.29) is 17.6 Å². The van der Waals surface area contributed by atoms with Gasteiger partial charge in [-0.05, 0) is 53.7 Å². The van der Waals surface area contributed by atoms with Crippen molar-refractivity contribution in [1.82, 2.24) is 34.7 Å². The Morgan fingerprint density at radius 3 is 2.60 bits per heavy atom. The van der Waals surface area contributed by atoms with Gasteiger partial charge in [0.25, 0.3) is 0 Å². The number of aryl methyl sites for hydroxylation is 1. The fourth-order valence-corrected chi connectivity index (χ4v) is 6.02. The number of nitrogens with one attached hydrogen (secondary N) is 1. The molecule has 1 aliphatic carbocycles. The second-order valence-corrected chi connectivity index (χ2v) is 10.9. The van der Waals surface area contributed by atoms with Crippen LogP contribution >= 0.6 is 0 Å². The van der Waals surface area contributed by atoms with Gasteiger partial charge in [-0.15, -0.1) is 5.10 Å². The van der Waals surface area contributed by atoms with Crippen molar-refractivity contribution in [2.45, 2.75) is 77.8 Å². The van der Waals surface area contributed by atoms with E-state index in [4.69, 9.17) is 4.98 Å². The first kappa shape index (κ1) is 27.5. The summed E-state index contributed by atoms with van der Waals surface area (Å²) in [4.78, 5) is 31.0. The van der Waals surface area contributed by atoms with Crippen LogP contribution in [0.25, 0.3) is 22.5 Å². The summed E-state index contributed by atoms with van der Waals surface area (Å²) in [6, 6.07) is 11.4. The average Bonchev–Trinajstić information content (AvgIpc) is 3.59. The molecule has 1 aromatic carbocycles. The Bertz CT molecular complexity index is 1470. The Hall–Kier alpha value is -4.08. The minimum absolute atomic E-state index is 0.103. The van der Waals surface area contributed by atoms with E-state index in [0.717, 1.165) is 73.0 Å². The zero-order valence-corrected chi connectivity index (χ0v) is 23.2. The van der Waals surface area contributed by atoms with Crippen molar-refractivity contribution < 1.29 is 9.90 Å². The van der Waals surface area contributed by atoms with Crippen LogP contribution in [0.1, 0.15) is 76.2 Å². The minimum atomic E-state index is -0.813. The van der Waals surface area contributed by atoms with Crippen LogP contribution in [-0.2, 0) is 17.8 Å². The summed E-state index contributed by atoms with van der Waals surface area (Å²) in [5, 5.41) is 24.4. The van der Waals surface area contributed by atoms with Crippen LogP contribution in [0.3, 0.4) is 0 Å². The molecule has 5 rings (SSSR count). The number of aromatic amines is 1. The molecule has 3 atom stereocenters. The Kier molecular flexibility index (Phi) is 8.52. The molecule has 1 fully saturated rings. The molecule has 3 heterocycles. The van der Waals surface area contributed by atoms with Gasteiger partial charge in [0.05, 0.1) is 24.2 Å². The van der Waals surface area contributed by atoms with Crippen molar-refractivity contribution in [2.24, 2.45) is 11.8 Å². The van der Waals surface area contributed by atoms with E-state index >= 15 is 0 Å². The number of carboxylic acids is 1. The summed E-state index contributed by atoms with van der Waals surface area (Å²) in [6.07, 6.45) is 10.9. The number of unbranched alkanes of at least 4 members (excludes halogenated alkanes) is 1. The molecule has 1 aliphatic rings. The molecule has 3 aromatic heterocycles. The van der Waals surface area contributed by atoms with Gasteiger partial charge in [-0.1, -0.05) is 69.9 Å². The molecule has 0 radical (unpaired) electrons. The molecular weight excluding hydrogens is 506 g/mol. The summed E-state index contributed by atoms with van der Waals surface area (Å²) in [5.41, 5.74) is 4.28. The zero-order chi connectivity index (χ0) is 28.1. The summed E-state index contributed by atoms with van der Waals surface area (Å²) >= 11 is 0. The summed E-state index contributed by atoms with van der Waals surface area (Å²) < 4.78 is 3.52. The van der Waals surface area contributed by atoms with Crippen molar-refractivity contribution in [2.75, 3.05) is 0 Å². The van der Waals surface area contributed by atoms with Crippen LogP contribution in [0, 0.1) is 11.8 Å². The molecule has 2 N–H and O–H groups in total. The molecule has 210 valence electrons. The Balaban J connectivity index is 1.47. The second-order valence-electron chi connectivity index (χ2n) is 10.9. The van der Waals surface area contributed by atoms with Gasteiger partial charge in [0, 0.05) is 29.2 Å². The number of tetrazole rings is 1. The van der Waals surface area contributed by atoms with Crippen LogP contribution in [-0.4, -0.2) is 45.8 Å². The number of H-pyrrole nitrogens is 1. The second kappa shape index (κ2) is 12.4. The standard InChI is InChI=1S/C30H37N7O3/c1-3-4-11-23-19-37(27-20(2)10-6-5-7-14-26(27)29(38)39)30(40)36(23)18-22-16-15-21(17-31-22)24-12-8-9-13-25(24)28-32-34-35-33-28/h8-9,12-13,15-17,19-20,26-27H,3-7,10-11,14,18H2,1-2H3,(H,38,39)(H,32,33,34,35). The molecular formula is C30H37N7O3. The number of rotatable bonds is 9. The van der Waals surface area contributed by atoms with Crippen LogP contribution in [0.15, 0.2) is 53.6 Å². The third-order valence-corrected chi connectivity index (χ3v) is 8.16. The van der Waals surface area contributed by atoms with E-state index in [1.165, 1.54) is 0 Å². The van der Waals surface area contributed by atoms with Crippen LogP contribution in [0.5, 0.6) is 0 Å². The van der Waals surface area contributed by atoms with Crippen LogP contribution in [0.4, 0.5) is 0 Å². The Morgan fingerprint density at radius 2 is 1.90 bits per heavy atom. The first-order valence-corrected chi connectivity index (χ1v) is 14.3. The molecule has 3 unspecified atom stereocenters. The van der Waals surface area contributed by atoms with E-state index in [0.29, 0.717) is 18.8 Å². The van der Waals surface area contributed by atoms with E-state index in [2.05, 4.69) is 34.5 Å². The fourth-order valence-electron chi connectivity index (χ4n) is 6.02. The molecule has 0 amide bonds. The molecule has 10 nitrogen and oxygen atoms in total. The number of aromatic nitrogens is 7. The fraction of sp³-hybridized carbons (Fsp3) is 0.467. The highest BCUT2D eigenvalue weighted by Gasteiger charge is 2.36. The Labute approximate surface area is 233 Å². The zero-order valence-electron chi connectivity index (χ0n) is 23.2. The van der Waals surface area contributed by atoms with Crippen molar-refractivity contribution >= 4 is 5.97 Å². The van der Waals surface area contributed by atoms with Crippen LogP contribution in [0.2, 0.25) is 0 Å². The predicted octanol–water partition coefficient (Wildman–Crippen LogP) is 5.12. The van der Waals surface area contributed by atoms with Crippen molar-refractivity contribution in [3.05, 3.63) is 70.7 Å². The van der Waals surface area contributed by atoms with E-state index in [1.807, 2.05) is 48.8 Å². The number of aliphatic carboxylic acids is 1. The van der Waals surface area contributed by atoms with E-state index < -0.39 is 11.9 Å². The van der Waals surface area contributed by atoms with Gasteiger partial charge in [-0.25, -0.2) is 9.89 Å². The largest absolute Gasteiger partial charge is 0.481 e. The van der Waals surface area contributed by atoms with Gasteiger partial charge < -0.3 is 5.11 Å². The lowest BCUT2D eigenvalue weighted by molar-refractivity contribution is -0.144. The third-order valence-electron chi connectivity index (χ3n) is 8.16. The Morgan fingerprint density at radius 1 is 1.10 bits per heavy atom. The number of hydrogen-bond donors (Lipinski definition) is 2. The number of pyridine rings is 1. The maximum atomic E-state index is 13.9. The molecule has 0 spiro atoms. The third kappa shape index (κ3) is 5.76. The number of carbonyl (C=O) groups is 1. The molecule has 0 bridgehead atoms. The first-order chi connectivity index (χ1) is 19.5. The van der Waals surface area contributed by atoms with Crippen LogP contribution < -0.4 is 5.69 Å². The molecule has 10 heteroatoms. The van der Waals surface area contributed by atoms with Gasteiger partial charge in [-0.3, -0.25) is 18.9 Å². The smallest absolute Gasteiger partial charge is 0.328 e. The normalized spacial score (nSPS) is 19.7. The highest BCUT2D eigenvalue weighted by molar-refractivity contribution is 5.79. The number of benzene rings is 1. The van der Waals surface area contributed by atoms with Gasteiger partial charge in [0.2, 0.25) is 0 Å². The van der Waals surface area contributed by atoms with Gasteiger partial charge in [0.15, 0.2) is 5.82 Å². The molecule has 40 heavy (non-hydrogen) atoms. The topological polar surface area (TPSA) is 132 Å². The summed E-state index contributed by atoms with van der Waals surface area (Å²) in [5.74, 6) is -0.700. The molecule has 4 aromatic rings. The lowest BCUT2D eigenvalue weighted by Gasteiger charge is -2.32. The summed E-state index contributed by atoms with van der Waals surface area (Å²) in [7, 11) is 0. The minimum Gasteiger partial charge on any atom is -0.481 e. The SMILES string of the molecule is CCCCc1cn(C2C(C)CCCCCC2C(=O)O)c(=O)n1Cc1ccc(-c2ccccc2-c2nnn[nH]2)cn1. The van der Waals surface area contributed by atoms with E-state index in [1.54, 1.807) is 9.13 Å². The molecule has 1 saturated carbocycles. The van der Waals surface area contributed by atoms with E-state index in [9.17, 15) is 14.7 Å². The van der Waals surface area contributed by atoms with Gasteiger partial charge in [0.1, 0.15) is 0 Å². The van der Waals surface area contributed by atoms with Gasteiger partial charge >= 0.3 is 11.7 Å². The lowest BCUT2D eigenvalue weighted by Crippen LogP contribution is -2.38. The average molecular weight is 544 g/mol. The number of nitrogens with zero attached hydrogens (tertiary/aromatic N) is 6. The number of imidazole rings is 1. The first-order valence-electron chi connectivity index (χ1n) is 14.3.